The topological polar surface area (TPSA) is 110 Å². The van der Waals surface area contributed by atoms with E-state index in [-0.39, 0.29) is 12.1 Å². The van der Waals surface area contributed by atoms with Gasteiger partial charge in [-0.15, -0.1) is 0 Å². The summed E-state index contributed by atoms with van der Waals surface area (Å²) in [6, 6.07) is 0. The molecule has 0 aliphatic rings. The molecule has 0 bridgehead atoms. The Morgan fingerprint density at radius 2 is 2.22 bits per heavy atom. The van der Waals surface area contributed by atoms with Crippen molar-refractivity contribution >= 4 is 18.8 Å². The molecule has 2 heterocycles. The standard InChI is InChI=1S/C13H16FN4O4P/c1-4-13(14,22-8-23(19,20)21)9(2)5-18-7-17-11-10(3)15-6-16-12(11)18/h4,6-7H,1-2,5,8H2,3H3,(H2,19,20,21)/t13-/m0/s1. The molecule has 1 atom stereocenters. The predicted molar refractivity (Wildman–Crippen MR) is 81.2 cm³/mol. The Morgan fingerprint density at radius 3 is 2.83 bits per heavy atom. The summed E-state index contributed by atoms with van der Waals surface area (Å²) in [7, 11) is -4.52. The van der Waals surface area contributed by atoms with Gasteiger partial charge in [0.2, 0.25) is 0 Å². The molecule has 0 radical (unpaired) electrons. The predicted octanol–water partition coefficient (Wildman–Crippen LogP) is 1.69. The molecule has 0 spiro atoms. The number of alkyl halides is 1. The number of nitrogens with zero attached hydrogens (tertiary/aromatic N) is 4. The molecule has 23 heavy (non-hydrogen) atoms. The van der Waals surface area contributed by atoms with Crippen molar-refractivity contribution in [3.8, 4) is 0 Å². The monoisotopic (exact) mass is 342 g/mol. The van der Waals surface area contributed by atoms with Gasteiger partial charge in [0.15, 0.2) is 12.0 Å². The van der Waals surface area contributed by atoms with E-state index in [9.17, 15) is 8.96 Å². The molecule has 0 aliphatic heterocycles. The summed E-state index contributed by atoms with van der Waals surface area (Å²) in [5.41, 5.74) is 1.63. The first-order valence-corrected chi connectivity index (χ1v) is 8.28. The molecule has 0 saturated heterocycles. The van der Waals surface area contributed by atoms with Gasteiger partial charge in [-0.05, 0) is 13.0 Å². The van der Waals surface area contributed by atoms with Crippen molar-refractivity contribution in [3.63, 3.8) is 0 Å². The Kier molecular flexibility index (Phi) is 4.76. The highest BCUT2D eigenvalue weighted by Gasteiger charge is 2.33. The minimum atomic E-state index is -4.52. The number of fused-ring (bicyclic) bond motifs is 1. The molecule has 0 unspecified atom stereocenters. The second kappa shape index (κ2) is 6.29. The van der Waals surface area contributed by atoms with Gasteiger partial charge in [-0.1, -0.05) is 13.2 Å². The quantitative estimate of drug-likeness (QED) is 0.582. The second-order valence-corrected chi connectivity index (χ2v) is 6.48. The Morgan fingerprint density at radius 1 is 1.52 bits per heavy atom. The van der Waals surface area contributed by atoms with Gasteiger partial charge < -0.3 is 19.1 Å². The maximum atomic E-state index is 14.7. The third-order valence-corrected chi connectivity index (χ3v) is 3.60. The van der Waals surface area contributed by atoms with Crippen LogP contribution in [0.1, 0.15) is 5.69 Å². The van der Waals surface area contributed by atoms with Crippen LogP contribution in [0.15, 0.2) is 37.5 Å². The Balaban J connectivity index is 2.23. The van der Waals surface area contributed by atoms with Gasteiger partial charge in [0.1, 0.15) is 11.8 Å². The Labute approximate surface area is 131 Å². The van der Waals surface area contributed by atoms with Gasteiger partial charge in [0.25, 0.3) is 5.85 Å². The fourth-order valence-electron chi connectivity index (χ4n) is 1.91. The van der Waals surface area contributed by atoms with Gasteiger partial charge in [-0.25, -0.2) is 19.3 Å². The molecule has 0 saturated carbocycles. The summed E-state index contributed by atoms with van der Waals surface area (Å²) in [5, 5.41) is 0. The van der Waals surface area contributed by atoms with Crippen LogP contribution >= 0.6 is 7.60 Å². The van der Waals surface area contributed by atoms with Crippen molar-refractivity contribution in [3.05, 3.63) is 43.2 Å². The molecule has 0 aliphatic carbocycles. The first-order chi connectivity index (χ1) is 10.7. The number of halogens is 1. The zero-order chi connectivity index (χ0) is 17.3. The normalized spacial score (nSPS) is 14.6. The van der Waals surface area contributed by atoms with Crippen LogP contribution in [0.2, 0.25) is 0 Å². The van der Waals surface area contributed by atoms with E-state index >= 15 is 0 Å². The maximum Gasteiger partial charge on any atom is 0.351 e. The lowest BCUT2D eigenvalue weighted by Crippen LogP contribution is -2.29. The number of aromatic nitrogens is 4. The first-order valence-electron chi connectivity index (χ1n) is 6.48. The number of aryl methyl sites for hydroxylation is 1. The van der Waals surface area contributed by atoms with Crippen LogP contribution in [0.5, 0.6) is 0 Å². The molecule has 2 N–H and O–H groups in total. The molecular formula is C13H16FN4O4P. The zero-order valence-corrected chi connectivity index (χ0v) is 13.3. The highest BCUT2D eigenvalue weighted by Crippen LogP contribution is 2.38. The van der Waals surface area contributed by atoms with Crippen molar-refractivity contribution in [2.75, 3.05) is 6.35 Å². The highest BCUT2D eigenvalue weighted by molar-refractivity contribution is 7.51. The fraction of sp³-hybridized carbons (Fsp3) is 0.308. The van der Waals surface area contributed by atoms with Crippen molar-refractivity contribution in [1.29, 1.82) is 0 Å². The minimum absolute atomic E-state index is 0.0589. The van der Waals surface area contributed by atoms with Gasteiger partial charge in [-0.2, -0.15) is 0 Å². The smallest absolute Gasteiger partial charge is 0.326 e. The van der Waals surface area contributed by atoms with Crippen LogP contribution in [0.25, 0.3) is 11.2 Å². The van der Waals surface area contributed by atoms with Crippen LogP contribution < -0.4 is 0 Å². The van der Waals surface area contributed by atoms with Gasteiger partial charge in [0, 0.05) is 5.57 Å². The van der Waals surface area contributed by atoms with E-state index in [1.165, 1.54) is 17.2 Å². The first kappa shape index (κ1) is 17.4. The average molecular weight is 342 g/mol. The van der Waals surface area contributed by atoms with E-state index in [2.05, 4.69) is 32.8 Å². The lowest BCUT2D eigenvalue weighted by molar-refractivity contribution is -0.0642. The molecule has 2 rings (SSSR count). The molecule has 8 nitrogen and oxygen atoms in total. The molecular weight excluding hydrogens is 326 g/mol. The van der Waals surface area contributed by atoms with Gasteiger partial charge >= 0.3 is 7.60 Å². The van der Waals surface area contributed by atoms with Crippen LogP contribution in [0.3, 0.4) is 0 Å². The summed E-state index contributed by atoms with van der Waals surface area (Å²) in [4.78, 5) is 29.9. The SMILES string of the molecule is C=C[C@](F)(OCP(=O)(O)O)C(=C)Cn1cnc2c(C)ncnc21. The number of ether oxygens (including phenoxy) is 1. The molecule has 10 heteroatoms. The van der Waals surface area contributed by atoms with Crippen molar-refractivity contribution in [2.45, 2.75) is 19.3 Å². The van der Waals surface area contributed by atoms with Crippen molar-refractivity contribution in [2.24, 2.45) is 0 Å². The third kappa shape index (κ3) is 3.89. The van der Waals surface area contributed by atoms with Gasteiger partial charge in [0.05, 0.1) is 18.6 Å². The summed E-state index contributed by atoms with van der Waals surface area (Å²) < 4.78 is 31.7. The summed E-state index contributed by atoms with van der Waals surface area (Å²) >= 11 is 0. The lowest BCUT2D eigenvalue weighted by Gasteiger charge is -2.24. The van der Waals surface area contributed by atoms with E-state index in [1.54, 1.807) is 6.92 Å². The molecule has 2 aromatic rings. The van der Waals surface area contributed by atoms with E-state index in [4.69, 9.17) is 9.79 Å². The van der Waals surface area contributed by atoms with Crippen LogP contribution in [0, 0.1) is 6.92 Å². The second-order valence-electron chi connectivity index (χ2n) is 4.89. The van der Waals surface area contributed by atoms with Crippen LogP contribution in [0.4, 0.5) is 4.39 Å². The summed E-state index contributed by atoms with van der Waals surface area (Å²) in [5.74, 6) is -2.58. The number of hydrogen-bond donors (Lipinski definition) is 2. The van der Waals surface area contributed by atoms with Crippen molar-refractivity contribution < 1.29 is 23.5 Å². The fourth-order valence-corrected chi connectivity index (χ4v) is 2.27. The zero-order valence-electron chi connectivity index (χ0n) is 12.4. The number of imidazole rings is 1. The van der Waals surface area contributed by atoms with E-state index in [1.807, 2.05) is 0 Å². The number of rotatable bonds is 7. The maximum absolute atomic E-state index is 14.7. The van der Waals surface area contributed by atoms with Crippen molar-refractivity contribution in [1.82, 2.24) is 19.5 Å². The van der Waals surface area contributed by atoms with E-state index in [0.717, 1.165) is 6.08 Å². The Hall–Kier alpha value is -1.93. The summed E-state index contributed by atoms with van der Waals surface area (Å²) in [6.07, 6.45) is 2.52. The minimum Gasteiger partial charge on any atom is -0.326 e. The van der Waals surface area contributed by atoms with Crippen LogP contribution in [-0.4, -0.2) is 41.5 Å². The molecule has 0 fully saturated rings. The molecule has 2 aromatic heterocycles. The third-order valence-electron chi connectivity index (χ3n) is 3.13. The summed E-state index contributed by atoms with van der Waals surface area (Å²) in [6.45, 7) is 8.59. The molecule has 0 amide bonds. The van der Waals surface area contributed by atoms with Crippen LogP contribution in [-0.2, 0) is 15.8 Å². The molecule has 124 valence electrons. The van der Waals surface area contributed by atoms with Gasteiger partial charge in [-0.3, -0.25) is 4.57 Å². The van der Waals surface area contributed by atoms with E-state index < -0.39 is 19.8 Å². The largest absolute Gasteiger partial charge is 0.351 e. The average Bonchev–Trinajstić information content (AvgIpc) is 2.88. The number of hydrogen-bond acceptors (Lipinski definition) is 5. The highest BCUT2D eigenvalue weighted by atomic mass is 31.2. The van der Waals surface area contributed by atoms with E-state index in [0.29, 0.717) is 16.9 Å². The molecule has 0 aromatic carbocycles. The lowest BCUT2D eigenvalue weighted by atomic mass is 10.1. The Bertz CT molecular complexity index is 802.